The molecule has 47 heavy (non-hydrogen) atoms. The number of nitrogens with two attached hydrogens (primary N) is 1. The number of ether oxygens (including phenoxy) is 1. The number of Topliss-reactive ketones (excluding diaryl/α,β-unsaturated/α-hetero) is 1. The molecule has 4 aromatic rings. The van der Waals surface area contributed by atoms with Crippen molar-refractivity contribution in [3.63, 3.8) is 0 Å². The topological polar surface area (TPSA) is 122 Å². The van der Waals surface area contributed by atoms with Crippen molar-refractivity contribution in [2.24, 2.45) is 17.6 Å². The number of imidazole rings is 1. The van der Waals surface area contributed by atoms with Crippen molar-refractivity contribution in [1.29, 1.82) is 5.26 Å². The van der Waals surface area contributed by atoms with Crippen LogP contribution in [0.3, 0.4) is 0 Å². The second-order valence-corrected chi connectivity index (χ2v) is 11.6. The second-order valence-electron chi connectivity index (χ2n) is 11.2. The Morgan fingerprint density at radius 3 is 2.57 bits per heavy atom. The van der Waals surface area contributed by atoms with Gasteiger partial charge in [0.15, 0.2) is 5.11 Å². The average Bonchev–Trinajstić information content (AvgIpc) is 3.49. The number of nitrogens with one attached hydrogen (secondary N) is 1. The van der Waals surface area contributed by atoms with Gasteiger partial charge in [-0.2, -0.15) is 18.4 Å². The molecule has 0 bridgehead atoms. The lowest BCUT2D eigenvalue weighted by Gasteiger charge is -2.38. The maximum atomic E-state index is 14.1. The van der Waals surface area contributed by atoms with Crippen molar-refractivity contribution < 1.29 is 22.7 Å². The molecule has 0 aliphatic carbocycles. The molecule has 2 aromatic carbocycles. The normalized spacial score (nSPS) is 13.2. The first-order chi connectivity index (χ1) is 22.4. The van der Waals surface area contributed by atoms with Crippen LogP contribution in [0.5, 0.6) is 5.88 Å². The molecule has 4 rings (SSSR count). The first-order valence-electron chi connectivity index (χ1n) is 14.9. The predicted molar refractivity (Wildman–Crippen MR) is 176 cm³/mol. The standard InChI is InChI=1S/C34H36F3N7O2S/c1-4-22(2)31(29(45)16-27-18-40-21-43(27)19-24-11-9-23(17-38)10-12-24)32(39)44(20-25-7-5-6-8-28(25)34(35,36)37)33(47)42-26-13-14-41-30(15-26)46-3/h5-15,18,21-22,31-32H,4,16,19-20,39H2,1-3H3,(H,41,42,47)/t22-,31+,32?/m0/s1. The quantitative estimate of drug-likeness (QED) is 0.128. The van der Waals surface area contributed by atoms with Gasteiger partial charge in [-0.3, -0.25) is 4.79 Å². The van der Waals surface area contributed by atoms with E-state index in [0.29, 0.717) is 35.8 Å². The summed E-state index contributed by atoms with van der Waals surface area (Å²) < 4.78 is 49.2. The summed E-state index contributed by atoms with van der Waals surface area (Å²) in [5.41, 5.74) is 8.63. The van der Waals surface area contributed by atoms with Gasteiger partial charge in [0.1, 0.15) is 5.78 Å². The van der Waals surface area contributed by atoms with Crippen LogP contribution >= 0.6 is 12.2 Å². The van der Waals surface area contributed by atoms with E-state index in [-0.39, 0.29) is 35.3 Å². The lowest BCUT2D eigenvalue weighted by atomic mass is 9.83. The second kappa shape index (κ2) is 15.7. The predicted octanol–water partition coefficient (Wildman–Crippen LogP) is 6.18. The van der Waals surface area contributed by atoms with Gasteiger partial charge in [-0.05, 0) is 53.5 Å². The van der Waals surface area contributed by atoms with Gasteiger partial charge in [0, 0.05) is 49.4 Å². The number of nitriles is 1. The first kappa shape index (κ1) is 35.1. The highest BCUT2D eigenvalue weighted by Gasteiger charge is 2.38. The van der Waals surface area contributed by atoms with Crippen LogP contribution in [0.2, 0.25) is 0 Å². The Morgan fingerprint density at radius 1 is 1.19 bits per heavy atom. The van der Waals surface area contributed by atoms with Crippen molar-refractivity contribution >= 4 is 28.8 Å². The van der Waals surface area contributed by atoms with Gasteiger partial charge in [0.2, 0.25) is 5.88 Å². The molecule has 2 aromatic heterocycles. The molecule has 0 amide bonds. The molecule has 13 heteroatoms. The fraction of sp³-hybridized carbons (Fsp3) is 0.324. The largest absolute Gasteiger partial charge is 0.481 e. The number of rotatable bonds is 13. The van der Waals surface area contributed by atoms with E-state index < -0.39 is 23.8 Å². The molecule has 1 unspecified atom stereocenters. The third-order valence-corrected chi connectivity index (χ3v) is 8.40. The lowest BCUT2D eigenvalue weighted by Crippen LogP contribution is -2.55. The third kappa shape index (κ3) is 8.93. The Hall–Kier alpha value is -4.80. The zero-order valence-corrected chi connectivity index (χ0v) is 27.1. The van der Waals surface area contributed by atoms with E-state index in [1.54, 1.807) is 36.8 Å². The van der Waals surface area contributed by atoms with Crippen molar-refractivity contribution in [3.05, 3.63) is 107 Å². The first-order valence-corrected chi connectivity index (χ1v) is 15.3. The molecular formula is C34H36F3N7O2S. The molecular weight excluding hydrogens is 627 g/mol. The van der Waals surface area contributed by atoms with E-state index in [4.69, 9.17) is 28.0 Å². The number of pyridine rings is 1. The number of aromatic nitrogens is 3. The van der Waals surface area contributed by atoms with Crippen LogP contribution in [-0.4, -0.2) is 43.6 Å². The molecule has 3 N–H and O–H groups in total. The average molecular weight is 664 g/mol. The fourth-order valence-corrected chi connectivity index (χ4v) is 5.64. The van der Waals surface area contributed by atoms with Gasteiger partial charge >= 0.3 is 6.18 Å². The highest BCUT2D eigenvalue weighted by Crippen LogP contribution is 2.33. The minimum atomic E-state index is -4.61. The number of halogens is 3. The van der Waals surface area contributed by atoms with Gasteiger partial charge in [0.25, 0.3) is 0 Å². The van der Waals surface area contributed by atoms with Crippen LogP contribution in [0.4, 0.5) is 18.9 Å². The van der Waals surface area contributed by atoms with E-state index in [9.17, 15) is 18.0 Å². The van der Waals surface area contributed by atoms with E-state index in [1.807, 2.05) is 30.5 Å². The van der Waals surface area contributed by atoms with Crippen molar-refractivity contribution in [2.75, 3.05) is 12.4 Å². The summed E-state index contributed by atoms with van der Waals surface area (Å²) in [4.78, 5) is 23.9. The number of methoxy groups -OCH3 is 1. The monoisotopic (exact) mass is 663 g/mol. The fourth-order valence-electron chi connectivity index (χ4n) is 5.33. The molecule has 3 atom stereocenters. The van der Waals surface area contributed by atoms with Crippen LogP contribution < -0.4 is 15.8 Å². The van der Waals surface area contributed by atoms with Crippen LogP contribution in [0.25, 0.3) is 0 Å². The molecule has 0 saturated heterocycles. The summed E-state index contributed by atoms with van der Waals surface area (Å²) in [5, 5.41) is 12.2. The van der Waals surface area contributed by atoms with Crippen LogP contribution in [0.1, 0.15) is 48.2 Å². The number of alkyl halides is 3. The van der Waals surface area contributed by atoms with Crippen LogP contribution in [0.15, 0.2) is 79.4 Å². The van der Waals surface area contributed by atoms with Gasteiger partial charge in [0.05, 0.1) is 42.7 Å². The Labute approximate surface area is 277 Å². The Morgan fingerprint density at radius 2 is 1.91 bits per heavy atom. The SMILES string of the molecule is CC[C@H](C)[C@H](C(=O)Cc1cncn1Cc1ccc(C#N)cc1)C(N)N(Cc1ccccc1C(F)(F)F)C(=S)Nc1ccnc(OC)c1. The summed E-state index contributed by atoms with van der Waals surface area (Å²) in [5.74, 6) is -0.933. The van der Waals surface area contributed by atoms with Gasteiger partial charge < -0.3 is 25.3 Å². The number of hydrogen-bond acceptors (Lipinski definition) is 7. The Kier molecular flexibility index (Phi) is 11.7. The van der Waals surface area contributed by atoms with E-state index in [0.717, 1.165) is 11.6 Å². The molecule has 0 fully saturated rings. The minimum Gasteiger partial charge on any atom is -0.481 e. The third-order valence-electron chi connectivity index (χ3n) is 8.07. The highest BCUT2D eigenvalue weighted by molar-refractivity contribution is 7.80. The molecule has 2 heterocycles. The van der Waals surface area contributed by atoms with E-state index >= 15 is 0 Å². The number of thiocarbonyl (C=S) groups is 1. The number of nitrogens with zero attached hydrogens (tertiary/aromatic N) is 5. The van der Waals surface area contributed by atoms with Crippen LogP contribution in [0, 0.1) is 23.2 Å². The number of carbonyl (C=O) groups excluding carboxylic acids is 1. The molecule has 0 radical (unpaired) electrons. The zero-order valence-electron chi connectivity index (χ0n) is 26.2. The number of hydrogen-bond donors (Lipinski definition) is 2. The number of carbonyl (C=O) groups is 1. The van der Waals surface area contributed by atoms with Gasteiger partial charge in [-0.1, -0.05) is 50.6 Å². The lowest BCUT2D eigenvalue weighted by molar-refractivity contribution is -0.138. The number of anilines is 1. The molecule has 0 spiro atoms. The Balaban J connectivity index is 1.66. The van der Waals surface area contributed by atoms with Crippen molar-refractivity contribution in [3.8, 4) is 11.9 Å². The molecule has 0 aliphatic rings. The smallest absolute Gasteiger partial charge is 0.416 e. The maximum Gasteiger partial charge on any atom is 0.416 e. The summed E-state index contributed by atoms with van der Waals surface area (Å²) in [6.07, 6.45) is -0.379. The number of benzene rings is 2. The van der Waals surface area contributed by atoms with Crippen molar-refractivity contribution in [2.45, 2.75) is 52.1 Å². The number of ketones is 1. The summed E-state index contributed by atoms with van der Waals surface area (Å²) in [7, 11) is 1.46. The van der Waals surface area contributed by atoms with Crippen LogP contribution in [-0.2, 0) is 30.5 Å². The van der Waals surface area contributed by atoms with E-state index in [1.165, 1.54) is 36.4 Å². The summed E-state index contributed by atoms with van der Waals surface area (Å²) in [6, 6.07) is 17.7. The zero-order chi connectivity index (χ0) is 34.1. The molecule has 0 aliphatic heterocycles. The van der Waals surface area contributed by atoms with Crippen molar-refractivity contribution in [1.82, 2.24) is 19.4 Å². The molecule has 0 saturated carbocycles. The highest BCUT2D eigenvalue weighted by atomic mass is 32.1. The molecule has 246 valence electrons. The summed E-state index contributed by atoms with van der Waals surface area (Å²) in [6.45, 7) is 3.94. The maximum absolute atomic E-state index is 14.1. The summed E-state index contributed by atoms with van der Waals surface area (Å²) >= 11 is 5.75. The van der Waals surface area contributed by atoms with Gasteiger partial charge in [-0.15, -0.1) is 0 Å². The van der Waals surface area contributed by atoms with E-state index in [2.05, 4.69) is 21.4 Å². The van der Waals surface area contributed by atoms with Gasteiger partial charge in [-0.25, -0.2) is 9.97 Å². The minimum absolute atomic E-state index is 0.00624. The Bertz CT molecular complexity index is 1720. The molecule has 9 nitrogen and oxygen atoms in total.